The monoisotopic (exact) mass is 341 g/mol. The Bertz CT molecular complexity index is 564. The summed E-state index contributed by atoms with van der Waals surface area (Å²) in [6, 6.07) is 7.68. The number of aliphatic carboxylic acids is 1. The van der Waals surface area contributed by atoms with Crippen LogP contribution in [0.5, 0.6) is 0 Å². The van der Waals surface area contributed by atoms with Crippen molar-refractivity contribution in [3.05, 3.63) is 46.5 Å². The SMILES string of the molecule is COCC(c1ccccc1Cl)N1CCC(S)C(=CC(=O)O)C1. The average Bonchev–Trinajstić information content (AvgIpc) is 2.48. The summed E-state index contributed by atoms with van der Waals surface area (Å²) in [6.07, 6.45) is 2.06. The minimum Gasteiger partial charge on any atom is -0.478 e. The molecule has 0 bridgehead atoms. The van der Waals surface area contributed by atoms with Crippen molar-refractivity contribution in [3.8, 4) is 0 Å². The molecule has 0 aromatic heterocycles. The van der Waals surface area contributed by atoms with Crippen LogP contribution in [0.2, 0.25) is 5.02 Å². The molecule has 1 N–H and O–H groups in total. The maximum atomic E-state index is 11.0. The van der Waals surface area contributed by atoms with Crippen LogP contribution in [0, 0.1) is 0 Å². The summed E-state index contributed by atoms with van der Waals surface area (Å²) in [5, 5.41) is 9.68. The van der Waals surface area contributed by atoms with E-state index in [1.54, 1.807) is 7.11 Å². The van der Waals surface area contributed by atoms with E-state index in [9.17, 15) is 4.79 Å². The van der Waals surface area contributed by atoms with Gasteiger partial charge in [0.15, 0.2) is 0 Å². The summed E-state index contributed by atoms with van der Waals surface area (Å²) in [5.74, 6) is -0.933. The first kappa shape index (κ1) is 17.3. The van der Waals surface area contributed by atoms with Crippen molar-refractivity contribution in [1.29, 1.82) is 0 Å². The number of piperidine rings is 1. The van der Waals surface area contributed by atoms with Crippen LogP contribution in [0.25, 0.3) is 0 Å². The summed E-state index contributed by atoms with van der Waals surface area (Å²) in [5.41, 5.74) is 1.81. The van der Waals surface area contributed by atoms with Gasteiger partial charge >= 0.3 is 5.97 Å². The highest BCUT2D eigenvalue weighted by Gasteiger charge is 2.29. The van der Waals surface area contributed by atoms with Gasteiger partial charge in [0.2, 0.25) is 0 Å². The first-order valence-electron chi connectivity index (χ1n) is 7.11. The smallest absolute Gasteiger partial charge is 0.328 e. The van der Waals surface area contributed by atoms with E-state index in [1.807, 2.05) is 24.3 Å². The molecule has 4 nitrogen and oxygen atoms in total. The number of carboxylic acid groups (broad SMARTS) is 1. The summed E-state index contributed by atoms with van der Waals surface area (Å²) in [4.78, 5) is 13.2. The van der Waals surface area contributed by atoms with Crippen molar-refractivity contribution in [3.63, 3.8) is 0 Å². The lowest BCUT2D eigenvalue weighted by atomic mass is 9.98. The van der Waals surface area contributed by atoms with Crippen LogP contribution < -0.4 is 0 Å². The Morgan fingerprint density at radius 3 is 2.95 bits per heavy atom. The Kier molecular flexibility index (Phi) is 6.32. The number of hydrogen-bond acceptors (Lipinski definition) is 4. The third-order valence-electron chi connectivity index (χ3n) is 3.84. The highest BCUT2D eigenvalue weighted by atomic mass is 35.5. The Balaban J connectivity index is 2.26. The standard InChI is InChI=1S/C16H20ClNO3S/c1-21-10-14(12-4-2-3-5-13(12)17)18-7-6-15(22)11(9-18)8-16(19)20/h2-5,8,14-15,22H,6-7,9-10H2,1H3,(H,19,20). The van der Waals surface area contributed by atoms with Gasteiger partial charge < -0.3 is 9.84 Å². The van der Waals surface area contributed by atoms with Gasteiger partial charge in [-0.1, -0.05) is 29.8 Å². The van der Waals surface area contributed by atoms with Gasteiger partial charge in [0.25, 0.3) is 0 Å². The minimum absolute atomic E-state index is 0.00303. The van der Waals surface area contributed by atoms with Gasteiger partial charge in [-0.3, -0.25) is 4.90 Å². The fraction of sp³-hybridized carbons (Fsp3) is 0.438. The Labute approximate surface area is 141 Å². The van der Waals surface area contributed by atoms with Crippen molar-refractivity contribution in [2.45, 2.75) is 17.7 Å². The van der Waals surface area contributed by atoms with Crippen molar-refractivity contribution in [2.75, 3.05) is 26.8 Å². The number of nitrogens with zero attached hydrogens (tertiary/aromatic N) is 1. The molecule has 6 heteroatoms. The Hall–Kier alpha value is -1.01. The number of likely N-dealkylation sites (tertiary alicyclic amines) is 1. The van der Waals surface area contributed by atoms with Crippen LogP contribution in [-0.2, 0) is 9.53 Å². The van der Waals surface area contributed by atoms with E-state index in [-0.39, 0.29) is 11.3 Å². The fourth-order valence-electron chi connectivity index (χ4n) is 2.75. The van der Waals surface area contributed by atoms with Gasteiger partial charge in [-0.2, -0.15) is 12.6 Å². The summed E-state index contributed by atoms with van der Waals surface area (Å²) < 4.78 is 5.35. The predicted octanol–water partition coefficient (Wildman–Crippen LogP) is 3.04. The van der Waals surface area contributed by atoms with Gasteiger partial charge in [-0.15, -0.1) is 0 Å². The molecule has 0 amide bonds. The zero-order valence-electron chi connectivity index (χ0n) is 12.4. The van der Waals surface area contributed by atoms with Crippen LogP contribution >= 0.6 is 24.2 Å². The van der Waals surface area contributed by atoms with Crippen LogP contribution in [0.3, 0.4) is 0 Å². The quantitative estimate of drug-likeness (QED) is 0.638. The zero-order valence-corrected chi connectivity index (χ0v) is 14.1. The highest BCUT2D eigenvalue weighted by Crippen LogP contribution is 2.32. The number of thiol groups is 1. The van der Waals surface area contributed by atoms with E-state index in [0.29, 0.717) is 18.2 Å². The normalized spacial score (nSPS) is 22.7. The van der Waals surface area contributed by atoms with E-state index in [1.165, 1.54) is 6.08 Å². The molecule has 22 heavy (non-hydrogen) atoms. The van der Waals surface area contributed by atoms with E-state index in [0.717, 1.165) is 24.1 Å². The number of carbonyl (C=O) groups is 1. The van der Waals surface area contributed by atoms with E-state index in [2.05, 4.69) is 17.5 Å². The molecular formula is C16H20ClNO3S. The number of hydrogen-bond donors (Lipinski definition) is 2. The number of ether oxygens (including phenoxy) is 1. The molecule has 2 unspecified atom stereocenters. The fourth-order valence-corrected chi connectivity index (χ4v) is 3.29. The maximum absolute atomic E-state index is 11.0. The van der Waals surface area contributed by atoms with Gasteiger partial charge in [-0.05, 0) is 23.6 Å². The van der Waals surface area contributed by atoms with E-state index in [4.69, 9.17) is 21.4 Å². The van der Waals surface area contributed by atoms with Crippen LogP contribution in [-0.4, -0.2) is 48.0 Å². The molecule has 1 aliphatic rings. The number of methoxy groups -OCH3 is 1. The predicted molar refractivity (Wildman–Crippen MR) is 90.8 cm³/mol. The number of rotatable bonds is 5. The lowest BCUT2D eigenvalue weighted by Crippen LogP contribution is -2.40. The molecule has 0 radical (unpaired) electrons. The van der Waals surface area contributed by atoms with E-state index < -0.39 is 5.97 Å². The molecule has 2 rings (SSSR count). The molecular weight excluding hydrogens is 322 g/mol. The summed E-state index contributed by atoms with van der Waals surface area (Å²) in [6.45, 7) is 1.88. The minimum atomic E-state index is -0.933. The zero-order chi connectivity index (χ0) is 16.1. The van der Waals surface area contributed by atoms with Crippen molar-refractivity contribution < 1.29 is 14.6 Å². The molecule has 1 aliphatic heterocycles. The Morgan fingerprint density at radius 1 is 1.59 bits per heavy atom. The summed E-state index contributed by atoms with van der Waals surface area (Å²) >= 11 is 10.8. The van der Waals surface area contributed by atoms with Crippen molar-refractivity contribution in [1.82, 2.24) is 4.90 Å². The largest absolute Gasteiger partial charge is 0.478 e. The molecule has 1 heterocycles. The first-order valence-corrected chi connectivity index (χ1v) is 8.01. The van der Waals surface area contributed by atoms with Crippen LogP contribution in [0.15, 0.2) is 35.9 Å². The van der Waals surface area contributed by atoms with Gasteiger partial charge in [-0.25, -0.2) is 4.79 Å². The Morgan fingerprint density at radius 2 is 2.32 bits per heavy atom. The lowest BCUT2D eigenvalue weighted by Gasteiger charge is -2.38. The van der Waals surface area contributed by atoms with Crippen molar-refractivity contribution in [2.24, 2.45) is 0 Å². The summed E-state index contributed by atoms with van der Waals surface area (Å²) in [7, 11) is 1.66. The molecule has 2 atom stereocenters. The second kappa shape index (κ2) is 8.02. The van der Waals surface area contributed by atoms with Gasteiger partial charge in [0.1, 0.15) is 0 Å². The number of benzene rings is 1. The van der Waals surface area contributed by atoms with Gasteiger partial charge in [0.05, 0.1) is 12.6 Å². The average molecular weight is 342 g/mol. The molecule has 1 aromatic carbocycles. The highest BCUT2D eigenvalue weighted by molar-refractivity contribution is 7.81. The van der Waals surface area contributed by atoms with Crippen LogP contribution in [0.4, 0.5) is 0 Å². The van der Waals surface area contributed by atoms with E-state index >= 15 is 0 Å². The molecule has 1 fully saturated rings. The molecule has 1 aromatic rings. The second-order valence-corrected chi connectivity index (χ2v) is 6.36. The lowest BCUT2D eigenvalue weighted by molar-refractivity contribution is -0.131. The maximum Gasteiger partial charge on any atom is 0.328 e. The molecule has 0 saturated carbocycles. The first-order chi connectivity index (χ1) is 10.5. The molecule has 0 spiro atoms. The number of halogens is 1. The number of carboxylic acids is 1. The molecule has 120 valence electrons. The second-order valence-electron chi connectivity index (χ2n) is 5.33. The molecule has 0 aliphatic carbocycles. The van der Waals surface area contributed by atoms with Gasteiger partial charge in [0, 0.05) is 36.5 Å². The third kappa shape index (κ3) is 4.26. The topological polar surface area (TPSA) is 49.8 Å². The van der Waals surface area contributed by atoms with Crippen molar-refractivity contribution >= 4 is 30.2 Å². The van der Waals surface area contributed by atoms with Crippen LogP contribution in [0.1, 0.15) is 18.0 Å². The third-order valence-corrected chi connectivity index (χ3v) is 4.78. The molecule has 1 saturated heterocycles.